The average molecular weight is 283 g/mol. The highest BCUT2D eigenvalue weighted by molar-refractivity contribution is 5.57. The maximum atomic E-state index is 9.83. The zero-order valence-corrected chi connectivity index (χ0v) is 12.8. The molecule has 20 heavy (non-hydrogen) atoms. The van der Waals surface area contributed by atoms with Crippen molar-refractivity contribution in [1.29, 1.82) is 0 Å². The van der Waals surface area contributed by atoms with Gasteiger partial charge in [0, 0.05) is 17.5 Å². The topological polar surface area (TPSA) is 116 Å². The first-order valence-electron chi connectivity index (χ1n) is 6.53. The van der Waals surface area contributed by atoms with E-state index in [4.69, 9.17) is 10.9 Å². The number of nitrogens with one attached hydrogen (secondary N) is 2. The van der Waals surface area contributed by atoms with E-state index in [0.29, 0.717) is 17.5 Å². The van der Waals surface area contributed by atoms with Crippen molar-refractivity contribution < 1.29 is 10.2 Å². The van der Waals surface area contributed by atoms with Crippen LogP contribution in [-0.4, -0.2) is 38.9 Å². The summed E-state index contributed by atoms with van der Waals surface area (Å²) >= 11 is 0. The molecule has 1 aromatic heterocycles. The summed E-state index contributed by atoms with van der Waals surface area (Å²) in [4.78, 5) is 8.87. The number of aliphatic hydroxyl groups is 2. The van der Waals surface area contributed by atoms with Crippen LogP contribution in [0.15, 0.2) is 0 Å². The Labute approximate surface area is 119 Å². The van der Waals surface area contributed by atoms with Crippen LogP contribution in [-0.2, 0) is 5.41 Å². The molecule has 7 nitrogen and oxygen atoms in total. The van der Waals surface area contributed by atoms with Crippen LogP contribution in [0.1, 0.15) is 39.1 Å². The van der Waals surface area contributed by atoms with Crippen molar-refractivity contribution in [3.05, 3.63) is 11.4 Å². The number of nitrogens with zero attached hydrogens (tertiary/aromatic N) is 2. The number of anilines is 2. The second kappa shape index (κ2) is 5.90. The molecule has 0 fully saturated rings. The second-order valence-corrected chi connectivity index (χ2v) is 6.27. The van der Waals surface area contributed by atoms with Crippen LogP contribution in [0, 0.1) is 6.92 Å². The van der Waals surface area contributed by atoms with Crippen molar-refractivity contribution in [3.8, 4) is 0 Å². The fourth-order valence-electron chi connectivity index (χ4n) is 1.49. The van der Waals surface area contributed by atoms with Crippen LogP contribution < -0.4 is 16.6 Å². The van der Waals surface area contributed by atoms with Gasteiger partial charge in [-0.1, -0.05) is 20.8 Å². The highest BCUT2D eigenvalue weighted by Crippen LogP contribution is 2.26. The van der Waals surface area contributed by atoms with Gasteiger partial charge in [0.2, 0.25) is 0 Å². The molecular weight excluding hydrogens is 258 g/mol. The molecule has 0 aliphatic rings. The molecule has 6 N–H and O–H groups in total. The Hall–Kier alpha value is -1.44. The van der Waals surface area contributed by atoms with Crippen LogP contribution in [0.3, 0.4) is 0 Å². The lowest BCUT2D eigenvalue weighted by Gasteiger charge is -2.24. The van der Waals surface area contributed by atoms with Crippen LogP contribution in [0.25, 0.3) is 0 Å². The number of nitrogens with two attached hydrogens (primary N) is 1. The predicted molar refractivity (Wildman–Crippen MR) is 79.5 cm³/mol. The molecule has 114 valence electrons. The molecular formula is C13H25N5O2. The molecule has 0 amide bonds. The standard InChI is InChI=1S/C13H25N5O2/c1-8-9(15-6-13(5,20)7-19)16-11(12(2,3)4)17-10(8)18-14/h19-20H,6-7,14H2,1-5H3,(H2,15,16,17,18). The van der Waals surface area contributed by atoms with Gasteiger partial charge in [0.1, 0.15) is 23.1 Å². The average Bonchev–Trinajstić information content (AvgIpc) is 2.36. The third-order valence-electron chi connectivity index (χ3n) is 2.93. The summed E-state index contributed by atoms with van der Waals surface area (Å²) < 4.78 is 0. The first-order valence-corrected chi connectivity index (χ1v) is 6.53. The molecule has 0 aliphatic carbocycles. The minimum absolute atomic E-state index is 0.176. The quantitative estimate of drug-likeness (QED) is 0.395. The molecule has 0 bridgehead atoms. The SMILES string of the molecule is Cc1c(NN)nc(C(C)(C)C)nc1NCC(C)(O)CO. The molecule has 1 rings (SSSR count). The van der Waals surface area contributed by atoms with E-state index in [2.05, 4.69) is 20.7 Å². The summed E-state index contributed by atoms with van der Waals surface area (Å²) in [5.74, 6) is 7.25. The van der Waals surface area contributed by atoms with Gasteiger partial charge >= 0.3 is 0 Å². The van der Waals surface area contributed by atoms with Crippen LogP contribution >= 0.6 is 0 Å². The van der Waals surface area contributed by atoms with E-state index in [1.807, 2.05) is 27.7 Å². The Morgan fingerprint density at radius 2 is 1.70 bits per heavy atom. The van der Waals surface area contributed by atoms with Gasteiger partial charge in [-0.05, 0) is 13.8 Å². The lowest BCUT2D eigenvalue weighted by molar-refractivity contribution is 0.0131. The highest BCUT2D eigenvalue weighted by Gasteiger charge is 2.23. The fourth-order valence-corrected chi connectivity index (χ4v) is 1.49. The summed E-state index contributed by atoms with van der Waals surface area (Å²) in [6.07, 6.45) is 0. The molecule has 0 aromatic carbocycles. The van der Waals surface area contributed by atoms with Gasteiger partial charge in [-0.25, -0.2) is 15.8 Å². The molecule has 7 heteroatoms. The van der Waals surface area contributed by atoms with Gasteiger partial charge in [0.05, 0.1) is 6.61 Å². The van der Waals surface area contributed by atoms with Gasteiger partial charge in [0.15, 0.2) is 0 Å². The summed E-state index contributed by atoms with van der Waals surface area (Å²) in [7, 11) is 0. The summed E-state index contributed by atoms with van der Waals surface area (Å²) in [6.45, 7) is 9.23. The zero-order chi connectivity index (χ0) is 15.6. The van der Waals surface area contributed by atoms with Crippen molar-refractivity contribution in [2.45, 2.75) is 45.6 Å². The Morgan fingerprint density at radius 3 is 2.15 bits per heavy atom. The fraction of sp³-hybridized carbons (Fsp3) is 0.692. The predicted octanol–water partition coefficient (Wildman–Crippen LogP) is 0.523. The van der Waals surface area contributed by atoms with Gasteiger partial charge in [-0.15, -0.1) is 0 Å². The summed E-state index contributed by atoms with van der Waals surface area (Å²) in [6, 6.07) is 0. The monoisotopic (exact) mass is 283 g/mol. The van der Waals surface area contributed by atoms with Gasteiger partial charge in [-0.2, -0.15) is 0 Å². The summed E-state index contributed by atoms with van der Waals surface area (Å²) in [5, 5.41) is 21.9. The van der Waals surface area contributed by atoms with Crippen molar-refractivity contribution in [2.24, 2.45) is 5.84 Å². The molecule has 0 radical (unpaired) electrons. The molecule has 1 atom stereocenters. The smallest absolute Gasteiger partial charge is 0.148 e. The third-order valence-corrected chi connectivity index (χ3v) is 2.93. The van der Waals surface area contributed by atoms with Crippen LogP contribution in [0.2, 0.25) is 0 Å². The summed E-state index contributed by atoms with van der Waals surface area (Å²) in [5.41, 5.74) is 1.88. The van der Waals surface area contributed by atoms with E-state index >= 15 is 0 Å². The Bertz CT molecular complexity index is 469. The van der Waals surface area contributed by atoms with E-state index < -0.39 is 5.60 Å². The van der Waals surface area contributed by atoms with E-state index in [0.717, 1.165) is 5.56 Å². The first kappa shape index (κ1) is 16.6. The van der Waals surface area contributed by atoms with Crippen molar-refractivity contribution >= 4 is 11.6 Å². The Balaban J connectivity index is 3.12. The molecule has 0 saturated carbocycles. The normalized spacial score (nSPS) is 14.8. The number of aliphatic hydroxyl groups excluding tert-OH is 1. The number of hydrazine groups is 1. The van der Waals surface area contributed by atoms with Gasteiger partial charge in [-0.3, -0.25) is 0 Å². The molecule has 1 aromatic rings. The maximum absolute atomic E-state index is 9.83. The molecule has 1 heterocycles. The van der Waals surface area contributed by atoms with Gasteiger partial charge in [0.25, 0.3) is 0 Å². The van der Waals surface area contributed by atoms with E-state index in [-0.39, 0.29) is 18.6 Å². The van der Waals surface area contributed by atoms with E-state index in [1.54, 1.807) is 6.92 Å². The number of aromatic nitrogens is 2. The van der Waals surface area contributed by atoms with Crippen molar-refractivity contribution in [1.82, 2.24) is 9.97 Å². The van der Waals surface area contributed by atoms with Gasteiger partial charge < -0.3 is 21.0 Å². The Morgan fingerprint density at radius 1 is 1.15 bits per heavy atom. The Kier molecular flexibility index (Phi) is 4.90. The molecule has 0 spiro atoms. The lowest BCUT2D eigenvalue weighted by atomic mass is 9.95. The number of hydrogen-bond donors (Lipinski definition) is 5. The number of hydrogen-bond acceptors (Lipinski definition) is 7. The minimum Gasteiger partial charge on any atom is -0.393 e. The zero-order valence-electron chi connectivity index (χ0n) is 12.8. The lowest BCUT2D eigenvalue weighted by Crippen LogP contribution is -2.37. The van der Waals surface area contributed by atoms with Crippen molar-refractivity contribution in [2.75, 3.05) is 23.9 Å². The van der Waals surface area contributed by atoms with Crippen molar-refractivity contribution in [3.63, 3.8) is 0 Å². The van der Waals surface area contributed by atoms with E-state index in [1.165, 1.54) is 0 Å². The van der Waals surface area contributed by atoms with E-state index in [9.17, 15) is 5.11 Å². The van der Waals surface area contributed by atoms with Crippen LogP contribution in [0.4, 0.5) is 11.6 Å². The number of nitrogen functional groups attached to an aromatic ring is 1. The highest BCUT2D eigenvalue weighted by atomic mass is 16.3. The molecule has 1 unspecified atom stereocenters. The first-order chi connectivity index (χ1) is 9.10. The molecule has 0 saturated heterocycles. The molecule has 0 aliphatic heterocycles. The minimum atomic E-state index is -1.21. The third kappa shape index (κ3) is 4.03. The van der Waals surface area contributed by atoms with Crippen LogP contribution in [0.5, 0.6) is 0 Å². The number of rotatable bonds is 5. The maximum Gasteiger partial charge on any atom is 0.148 e. The largest absolute Gasteiger partial charge is 0.393 e. The second-order valence-electron chi connectivity index (χ2n) is 6.27.